The first-order chi connectivity index (χ1) is 12.3. The number of aryl methyl sites for hydroxylation is 1. The Balaban J connectivity index is 1.78. The zero-order valence-corrected chi connectivity index (χ0v) is 14.5. The molecule has 0 amide bonds. The lowest BCUT2D eigenvalue weighted by molar-refractivity contribution is 0.588. The molecule has 4 rings (SSSR count). The van der Waals surface area contributed by atoms with Gasteiger partial charge in [-0.2, -0.15) is 0 Å². The highest BCUT2D eigenvalue weighted by Gasteiger charge is 2.14. The minimum absolute atomic E-state index is 0.958. The highest BCUT2D eigenvalue weighted by molar-refractivity contribution is 5.93. The van der Waals surface area contributed by atoms with Gasteiger partial charge in [-0.3, -0.25) is 0 Å². The fourth-order valence-corrected chi connectivity index (χ4v) is 3.49. The normalized spacial score (nSPS) is 14.7. The average Bonchev–Trinajstić information content (AvgIpc) is 2.67. The second-order valence-corrected chi connectivity index (χ2v) is 6.44. The topological polar surface area (TPSA) is 41.1 Å². The molecular formula is C21H22N4. The van der Waals surface area contributed by atoms with Gasteiger partial charge in [-0.15, -0.1) is 0 Å². The number of anilines is 1. The predicted molar refractivity (Wildman–Crippen MR) is 105 cm³/mol. The molecule has 0 bridgehead atoms. The molecule has 0 aliphatic carbocycles. The van der Waals surface area contributed by atoms with Gasteiger partial charge >= 0.3 is 0 Å². The van der Waals surface area contributed by atoms with Gasteiger partial charge in [0, 0.05) is 42.8 Å². The summed E-state index contributed by atoms with van der Waals surface area (Å²) in [7, 11) is 0. The average molecular weight is 330 g/mol. The Morgan fingerprint density at radius 1 is 1.08 bits per heavy atom. The minimum Gasteiger partial charge on any atom is -0.369 e. The number of nitrogens with zero attached hydrogens (tertiary/aromatic N) is 3. The molecule has 1 N–H and O–H groups in total. The molecule has 2 heterocycles. The maximum atomic E-state index is 4.57. The van der Waals surface area contributed by atoms with Gasteiger partial charge in [-0.05, 0) is 42.3 Å². The van der Waals surface area contributed by atoms with E-state index in [0.717, 1.165) is 53.9 Å². The molecule has 126 valence electrons. The first kappa shape index (κ1) is 15.8. The van der Waals surface area contributed by atoms with Crippen LogP contribution >= 0.6 is 0 Å². The Morgan fingerprint density at radius 3 is 2.68 bits per heavy atom. The maximum Gasteiger partial charge on any atom is 0.116 e. The third-order valence-electron chi connectivity index (χ3n) is 4.82. The molecular weight excluding hydrogens is 308 g/mol. The molecule has 0 atom stereocenters. The minimum atomic E-state index is 0.958. The van der Waals surface area contributed by atoms with E-state index in [1.165, 1.54) is 11.3 Å². The van der Waals surface area contributed by atoms with Crippen molar-refractivity contribution in [3.05, 3.63) is 60.4 Å². The number of rotatable bonds is 3. The number of benzene rings is 2. The molecule has 0 radical (unpaired) electrons. The third-order valence-corrected chi connectivity index (χ3v) is 4.82. The first-order valence-corrected chi connectivity index (χ1v) is 8.70. The summed E-state index contributed by atoms with van der Waals surface area (Å²) < 4.78 is 0. The van der Waals surface area contributed by atoms with Gasteiger partial charge in [0.25, 0.3) is 0 Å². The Hall–Kier alpha value is -2.72. The van der Waals surface area contributed by atoms with E-state index in [1.807, 2.05) is 18.2 Å². The van der Waals surface area contributed by atoms with Crippen molar-refractivity contribution in [2.24, 2.45) is 0 Å². The van der Waals surface area contributed by atoms with E-state index in [-0.39, 0.29) is 0 Å². The van der Waals surface area contributed by atoms with Gasteiger partial charge in [0.15, 0.2) is 0 Å². The summed E-state index contributed by atoms with van der Waals surface area (Å²) in [6.07, 6.45) is 3.50. The highest BCUT2D eigenvalue weighted by Crippen LogP contribution is 2.30. The van der Waals surface area contributed by atoms with Crippen LogP contribution in [0.15, 0.2) is 49.3 Å². The first-order valence-electron chi connectivity index (χ1n) is 8.70. The van der Waals surface area contributed by atoms with Crippen LogP contribution in [0.3, 0.4) is 0 Å². The van der Waals surface area contributed by atoms with E-state index in [9.17, 15) is 0 Å². The van der Waals surface area contributed by atoms with E-state index in [1.54, 1.807) is 6.33 Å². The molecule has 0 unspecified atom stereocenters. The van der Waals surface area contributed by atoms with E-state index >= 15 is 0 Å². The Kier molecular flexibility index (Phi) is 4.20. The van der Waals surface area contributed by atoms with Crippen molar-refractivity contribution in [3.8, 4) is 11.3 Å². The predicted octanol–water partition coefficient (Wildman–Crippen LogP) is 3.66. The molecule has 4 heteroatoms. The SMILES string of the molecule is C=Cc1ccc2ncnc(-c3ccc(N4CCNCC4)c(C)c3)c2c1. The summed E-state index contributed by atoms with van der Waals surface area (Å²) in [6.45, 7) is 10.2. The van der Waals surface area contributed by atoms with Crippen molar-refractivity contribution in [2.45, 2.75) is 6.92 Å². The van der Waals surface area contributed by atoms with Crippen molar-refractivity contribution >= 4 is 22.7 Å². The summed E-state index contributed by atoms with van der Waals surface area (Å²) in [5.41, 5.74) is 6.74. The van der Waals surface area contributed by atoms with Crippen LogP contribution in [0.1, 0.15) is 11.1 Å². The Labute approximate surface area is 148 Å². The van der Waals surface area contributed by atoms with Crippen LogP contribution in [0, 0.1) is 6.92 Å². The number of hydrogen-bond donors (Lipinski definition) is 1. The fraction of sp³-hybridized carbons (Fsp3) is 0.238. The Bertz CT molecular complexity index is 926. The zero-order valence-electron chi connectivity index (χ0n) is 14.5. The summed E-state index contributed by atoms with van der Waals surface area (Å²) in [5.74, 6) is 0. The summed E-state index contributed by atoms with van der Waals surface area (Å²) >= 11 is 0. The molecule has 1 fully saturated rings. The molecule has 1 aliphatic rings. The Morgan fingerprint density at radius 2 is 1.92 bits per heavy atom. The van der Waals surface area contributed by atoms with Gasteiger partial charge in [-0.25, -0.2) is 9.97 Å². The van der Waals surface area contributed by atoms with Crippen LogP contribution in [0.2, 0.25) is 0 Å². The number of hydrogen-bond acceptors (Lipinski definition) is 4. The van der Waals surface area contributed by atoms with Crippen LogP contribution in [0.25, 0.3) is 28.2 Å². The lowest BCUT2D eigenvalue weighted by atomic mass is 10.0. The van der Waals surface area contributed by atoms with Crippen LogP contribution in [0.4, 0.5) is 5.69 Å². The molecule has 4 nitrogen and oxygen atoms in total. The smallest absolute Gasteiger partial charge is 0.116 e. The summed E-state index contributed by atoms with van der Waals surface area (Å²) in [4.78, 5) is 11.4. The molecule has 0 saturated carbocycles. The van der Waals surface area contributed by atoms with E-state index in [0.29, 0.717) is 0 Å². The molecule has 1 aliphatic heterocycles. The molecule has 2 aromatic carbocycles. The van der Waals surface area contributed by atoms with Gasteiger partial charge in [-0.1, -0.05) is 24.8 Å². The van der Waals surface area contributed by atoms with Crippen molar-refractivity contribution < 1.29 is 0 Å². The van der Waals surface area contributed by atoms with E-state index in [2.05, 4.69) is 58.0 Å². The quantitative estimate of drug-likeness (QED) is 0.796. The molecule has 1 aromatic heterocycles. The lowest BCUT2D eigenvalue weighted by Gasteiger charge is -2.30. The van der Waals surface area contributed by atoms with Crippen LogP contribution in [0.5, 0.6) is 0 Å². The second kappa shape index (κ2) is 6.65. The highest BCUT2D eigenvalue weighted by atomic mass is 15.2. The third kappa shape index (κ3) is 3.01. The molecule has 3 aromatic rings. The van der Waals surface area contributed by atoms with Gasteiger partial charge in [0.1, 0.15) is 6.33 Å². The van der Waals surface area contributed by atoms with Crippen LogP contribution in [-0.4, -0.2) is 36.1 Å². The number of piperazine rings is 1. The van der Waals surface area contributed by atoms with Crippen molar-refractivity contribution in [3.63, 3.8) is 0 Å². The van der Waals surface area contributed by atoms with Gasteiger partial charge < -0.3 is 10.2 Å². The zero-order chi connectivity index (χ0) is 17.2. The van der Waals surface area contributed by atoms with Gasteiger partial charge in [0.2, 0.25) is 0 Å². The lowest BCUT2D eigenvalue weighted by Crippen LogP contribution is -2.43. The van der Waals surface area contributed by atoms with Crippen LogP contribution in [-0.2, 0) is 0 Å². The number of nitrogens with one attached hydrogen (secondary N) is 1. The standard InChI is InChI=1S/C21H22N4/c1-3-16-4-6-19-18(13-16)21(24-14-23-19)17-5-7-20(15(2)12-17)25-10-8-22-9-11-25/h3-7,12-14,22H,1,8-11H2,2H3. The van der Waals surface area contributed by atoms with E-state index < -0.39 is 0 Å². The van der Waals surface area contributed by atoms with Crippen molar-refractivity contribution in [2.75, 3.05) is 31.1 Å². The van der Waals surface area contributed by atoms with Crippen LogP contribution < -0.4 is 10.2 Å². The summed E-state index contributed by atoms with van der Waals surface area (Å²) in [6, 6.07) is 12.8. The van der Waals surface area contributed by atoms with Gasteiger partial charge in [0.05, 0.1) is 11.2 Å². The fourth-order valence-electron chi connectivity index (χ4n) is 3.49. The molecule has 1 saturated heterocycles. The summed E-state index contributed by atoms with van der Waals surface area (Å²) in [5, 5.41) is 4.47. The number of fused-ring (bicyclic) bond motifs is 1. The molecule has 0 spiro atoms. The maximum absolute atomic E-state index is 4.57. The molecule has 25 heavy (non-hydrogen) atoms. The monoisotopic (exact) mass is 330 g/mol. The number of aromatic nitrogens is 2. The second-order valence-electron chi connectivity index (χ2n) is 6.44. The largest absolute Gasteiger partial charge is 0.369 e. The van der Waals surface area contributed by atoms with E-state index in [4.69, 9.17) is 0 Å². The van der Waals surface area contributed by atoms with Crippen molar-refractivity contribution in [1.29, 1.82) is 0 Å². The van der Waals surface area contributed by atoms with Crippen molar-refractivity contribution in [1.82, 2.24) is 15.3 Å².